The average molecular weight is 627 g/mol. The first-order chi connectivity index (χ1) is 22.2. The predicted octanol–water partition coefficient (Wildman–Crippen LogP) is 9.13. The number of anilines is 2. The maximum absolute atomic E-state index is 11.7. The van der Waals surface area contributed by atoms with Crippen molar-refractivity contribution in [2.24, 2.45) is 0 Å². The van der Waals surface area contributed by atoms with Crippen LogP contribution in [-0.2, 0) is 10.8 Å². The first kappa shape index (κ1) is 31.9. The summed E-state index contributed by atoms with van der Waals surface area (Å²) in [4.78, 5) is 27.9. The Morgan fingerprint density at radius 2 is 1.45 bits per heavy atom. The normalized spacial score (nSPS) is 19.7. The molecule has 0 saturated heterocycles. The Morgan fingerprint density at radius 3 is 2.11 bits per heavy atom. The van der Waals surface area contributed by atoms with E-state index in [9.17, 15) is 19.8 Å². The molecule has 1 heterocycles. The van der Waals surface area contributed by atoms with Crippen LogP contribution in [0.3, 0.4) is 0 Å². The molecule has 6 nitrogen and oxygen atoms in total. The average Bonchev–Trinajstić information content (AvgIpc) is 3.60. The smallest absolute Gasteiger partial charge is 0.335 e. The van der Waals surface area contributed by atoms with E-state index in [1.807, 2.05) is 31.3 Å². The van der Waals surface area contributed by atoms with Crippen LogP contribution < -0.4 is 9.80 Å². The van der Waals surface area contributed by atoms with Crippen LogP contribution in [0.4, 0.5) is 11.4 Å². The lowest BCUT2D eigenvalue weighted by Crippen LogP contribution is -2.23. The monoisotopic (exact) mass is 626 g/mol. The van der Waals surface area contributed by atoms with Crippen molar-refractivity contribution in [3.05, 3.63) is 147 Å². The van der Waals surface area contributed by atoms with Gasteiger partial charge in [-0.1, -0.05) is 70.2 Å². The highest BCUT2D eigenvalue weighted by molar-refractivity contribution is 5.91. The second-order valence-corrected chi connectivity index (χ2v) is 13.8. The van der Waals surface area contributed by atoms with Crippen molar-refractivity contribution in [3.8, 4) is 0 Å². The van der Waals surface area contributed by atoms with Crippen LogP contribution in [0.15, 0.2) is 119 Å². The standard InChI is InChI=1S/C41H42N2O4/c1-25-31-19-15-28(38(44)45)23-33(31)40(2,3)32(25)20-16-26-13-14-27(37(26)42(6)30-11-9-8-10-12-30)18-22-36-41(4,5)34-24-29(39(46)47)17-21-35(34)43(36)7/h8-12,15-24H,13-14H2,1-7H3,(H,44,45)(H,46,47)/b20-16+,27-18?,36-22+. The van der Waals surface area contributed by atoms with E-state index in [0.717, 1.165) is 46.6 Å². The first-order valence-electron chi connectivity index (χ1n) is 16.1. The van der Waals surface area contributed by atoms with Crippen LogP contribution in [0.25, 0.3) is 5.57 Å². The molecule has 6 heteroatoms. The van der Waals surface area contributed by atoms with Crippen molar-refractivity contribution in [2.75, 3.05) is 23.9 Å². The maximum atomic E-state index is 11.7. The SMILES string of the molecule is CC1=C(/C=C/C2=C(N(C)c3ccccc3)C(=C/C=C3/N(C)c4ccc(C(=O)O)cc4C3(C)C)CC2)C(C)(C)c2cc(C(=O)O)ccc21. The van der Waals surface area contributed by atoms with Crippen LogP contribution >= 0.6 is 0 Å². The molecule has 0 saturated carbocycles. The number of hydrogen-bond donors (Lipinski definition) is 2. The van der Waals surface area contributed by atoms with Gasteiger partial charge in [-0.15, -0.1) is 0 Å². The molecule has 0 aromatic heterocycles. The quantitative estimate of drug-likeness (QED) is 0.272. The molecule has 0 amide bonds. The summed E-state index contributed by atoms with van der Waals surface area (Å²) < 4.78 is 0. The fraction of sp³-hybridized carbons (Fsp3) is 0.268. The zero-order valence-corrected chi connectivity index (χ0v) is 28.2. The van der Waals surface area contributed by atoms with Gasteiger partial charge in [0, 0.05) is 47.7 Å². The number of nitrogens with zero attached hydrogens (tertiary/aromatic N) is 2. The molecule has 6 rings (SSSR count). The van der Waals surface area contributed by atoms with Gasteiger partial charge in [-0.3, -0.25) is 0 Å². The van der Waals surface area contributed by atoms with Gasteiger partial charge in [0.05, 0.1) is 11.1 Å². The van der Waals surface area contributed by atoms with E-state index in [1.165, 1.54) is 28.0 Å². The van der Waals surface area contributed by atoms with Gasteiger partial charge < -0.3 is 20.0 Å². The predicted molar refractivity (Wildman–Crippen MR) is 190 cm³/mol. The van der Waals surface area contributed by atoms with Crippen molar-refractivity contribution >= 4 is 28.9 Å². The van der Waals surface area contributed by atoms with Gasteiger partial charge in [0.1, 0.15) is 0 Å². The summed E-state index contributed by atoms with van der Waals surface area (Å²) in [6, 6.07) is 21.2. The van der Waals surface area contributed by atoms with E-state index in [1.54, 1.807) is 18.2 Å². The Morgan fingerprint density at radius 1 is 0.809 bits per heavy atom. The Kier molecular flexibility index (Phi) is 7.87. The number of carboxylic acids is 2. The van der Waals surface area contributed by atoms with Crippen LogP contribution in [0.2, 0.25) is 0 Å². The lowest BCUT2D eigenvalue weighted by atomic mass is 9.80. The molecule has 3 aromatic rings. The topological polar surface area (TPSA) is 81.1 Å². The molecule has 0 unspecified atom stereocenters. The van der Waals surface area contributed by atoms with Crippen molar-refractivity contribution in [2.45, 2.75) is 58.3 Å². The minimum absolute atomic E-state index is 0.299. The molecule has 47 heavy (non-hydrogen) atoms. The van der Waals surface area contributed by atoms with E-state index in [-0.39, 0.29) is 10.8 Å². The Balaban J connectivity index is 1.41. The fourth-order valence-electron chi connectivity index (χ4n) is 7.69. The fourth-order valence-corrected chi connectivity index (χ4v) is 7.69. The van der Waals surface area contributed by atoms with Gasteiger partial charge in [0.25, 0.3) is 0 Å². The van der Waals surface area contributed by atoms with E-state index in [4.69, 9.17) is 0 Å². The number of para-hydroxylation sites is 1. The Hall–Kier alpha value is -5.10. The number of likely N-dealkylation sites (N-methyl/N-ethyl adjacent to an activating group) is 2. The van der Waals surface area contributed by atoms with E-state index in [0.29, 0.717) is 11.1 Å². The number of carboxylic acid groups (broad SMARTS) is 2. The zero-order valence-electron chi connectivity index (χ0n) is 28.2. The summed E-state index contributed by atoms with van der Waals surface area (Å²) in [6.07, 6.45) is 10.7. The minimum Gasteiger partial charge on any atom is -0.478 e. The molecule has 0 atom stereocenters. The van der Waals surface area contributed by atoms with Gasteiger partial charge in [-0.2, -0.15) is 0 Å². The highest BCUT2D eigenvalue weighted by Crippen LogP contribution is 2.49. The van der Waals surface area contributed by atoms with Crippen LogP contribution in [0, 0.1) is 0 Å². The molecular weight excluding hydrogens is 584 g/mol. The van der Waals surface area contributed by atoms with Gasteiger partial charge in [-0.25, -0.2) is 9.59 Å². The van der Waals surface area contributed by atoms with E-state index >= 15 is 0 Å². The third-order valence-corrected chi connectivity index (χ3v) is 10.3. The molecule has 3 aromatic carbocycles. The molecule has 0 spiro atoms. The highest BCUT2D eigenvalue weighted by Gasteiger charge is 2.39. The van der Waals surface area contributed by atoms with Gasteiger partial charge in [0.2, 0.25) is 0 Å². The molecule has 3 aliphatic rings. The number of allylic oxidation sites excluding steroid dienone is 9. The molecule has 240 valence electrons. The largest absolute Gasteiger partial charge is 0.478 e. The second-order valence-electron chi connectivity index (χ2n) is 13.8. The van der Waals surface area contributed by atoms with Gasteiger partial charge in [0.15, 0.2) is 0 Å². The lowest BCUT2D eigenvalue weighted by Gasteiger charge is -2.25. The van der Waals surface area contributed by atoms with Crippen molar-refractivity contribution in [1.82, 2.24) is 0 Å². The summed E-state index contributed by atoms with van der Waals surface area (Å²) in [7, 11) is 4.16. The summed E-state index contributed by atoms with van der Waals surface area (Å²) >= 11 is 0. The maximum Gasteiger partial charge on any atom is 0.335 e. The third-order valence-electron chi connectivity index (χ3n) is 10.3. The van der Waals surface area contributed by atoms with E-state index < -0.39 is 11.9 Å². The van der Waals surface area contributed by atoms with Crippen LogP contribution in [0.5, 0.6) is 0 Å². The molecule has 0 bridgehead atoms. The molecule has 2 N–H and O–H groups in total. The van der Waals surface area contributed by atoms with Gasteiger partial charge >= 0.3 is 11.9 Å². The summed E-state index contributed by atoms with van der Waals surface area (Å²) in [5, 5.41) is 19.2. The summed E-state index contributed by atoms with van der Waals surface area (Å²) in [5.74, 6) is -1.83. The third kappa shape index (κ3) is 5.32. The summed E-state index contributed by atoms with van der Waals surface area (Å²) in [5.41, 5.74) is 12.3. The number of carbonyl (C=O) groups is 2. The number of aromatic carboxylic acids is 2. The zero-order chi connectivity index (χ0) is 33.8. The number of rotatable bonds is 7. The Bertz CT molecular complexity index is 1970. The van der Waals surface area contributed by atoms with Crippen molar-refractivity contribution in [1.29, 1.82) is 0 Å². The number of fused-ring (bicyclic) bond motifs is 2. The van der Waals surface area contributed by atoms with Crippen LogP contribution in [0.1, 0.15) is 84.9 Å². The van der Waals surface area contributed by atoms with Crippen LogP contribution in [-0.4, -0.2) is 36.2 Å². The number of benzene rings is 3. The molecule has 0 fully saturated rings. The highest BCUT2D eigenvalue weighted by atomic mass is 16.4. The molecular formula is C41H42N2O4. The van der Waals surface area contributed by atoms with Crippen molar-refractivity contribution in [3.63, 3.8) is 0 Å². The van der Waals surface area contributed by atoms with Crippen molar-refractivity contribution < 1.29 is 19.8 Å². The Labute approximate surface area is 277 Å². The molecule has 0 radical (unpaired) electrons. The lowest BCUT2D eigenvalue weighted by molar-refractivity contribution is 0.0686. The second kappa shape index (κ2) is 11.6. The first-order valence-corrected chi connectivity index (χ1v) is 16.1. The molecule has 1 aliphatic heterocycles. The molecule has 2 aliphatic carbocycles. The number of hydrogen-bond acceptors (Lipinski definition) is 4. The minimum atomic E-state index is -0.920. The van der Waals surface area contributed by atoms with Gasteiger partial charge in [-0.05, 0) is 107 Å². The summed E-state index contributed by atoms with van der Waals surface area (Å²) in [6.45, 7) is 10.8. The van der Waals surface area contributed by atoms with E-state index in [2.05, 4.69) is 100 Å².